The largest absolute Gasteiger partial charge is 0.345 e. The van der Waals surface area contributed by atoms with Crippen LogP contribution in [0.1, 0.15) is 6.42 Å². The third-order valence-electron chi connectivity index (χ3n) is 2.63. The van der Waals surface area contributed by atoms with Crippen LogP contribution in [0, 0.1) is 0 Å². The molecule has 1 fully saturated rings. The van der Waals surface area contributed by atoms with Crippen molar-refractivity contribution in [2.75, 3.05) is 36.4 Å². The zero-order chi connectivity index (χ0) is 11.4. The molecule has 0 aliphatic carbocycles. The molecule has 0 spiro atoms. The lowest BCUT2D eigenvalue weighted by Crippen LogP contribution is -2.48. The van der Waals surface area contributed by atoms with E-state index >= 15 is 0 Å². The second-order valence-corrected chi connectivity index (χ2v) is 5.29. The number of rotatable bonds is 3. The standard InChI is InChI=1S/C10H14BrN3OS/c11-2-1-9(15)13-4-6-14(7-5-13)10-12-3-8-16-10/h3,8H,1-2,4-7H2. The van der Waals surface area contributed by atoms with Crippen molar-refractivity contribution in [3.63, 3.8) is 0 Å². The highest BCUT2D eigenvalue weighted by Crippen LogP contribution is 2.19. The van der Waals surface area contributed by atoms with Crippen LogP contribution >= 0.6 is 27.3 Å². The molecule has 4 nitrogen and oxygen atoms in total. The van der Waals surface area contributed by atoms with Crippen LogP contribution in [0.4, 0.5) is 5.13 Å². The summed E-state index contributed by atoms with van der Waals surface area (Å²) in [4.78, 5) is 20.1. The number of carbonyl (C=O) groups is 1. The summed E-state index contributed by atoms with van der Waals surface area (Å²) in [6.45, 7) is 3.40. The summed E-state index contributed by atoms with van der Waals surface area (Å²) in [5, 5.41) is 3.79. The van der Waals surface area contributed by atoms with Gasteiger partial charge in [-0.15, -0.1) is 11.3 Å². The maximum atomic E-state index is 11.7. The molecule has 2 heterocycles. The van der Waals surface area contributed by atoms with E-state index in [1.54, 1.807) is 11.3 Å². The molecule has 0 N–H and O–H groups in total. The van der Waals surface area contributed by atoms with Crippen molar-refractivity contribution in [3.05, 3.63) is 11.6 Å². The molecule has 0 unspecified atom stereocenters. The molecule has 0 atom stereocenters. The van der Waals surface area contributed by atoms with Gasteiger partial charge in [0, 0.05) is 49.5 Å². The first-order valence-electron chi connectivity index (χ1n) is 5.29. The zero-order valence-corrected chi connectivity index (χ0v) is 11.3. The molecular weight excluding hydrogens is 290 g/mol. The monoisotopic (exact) mass is 303 g/mol. The molecule has 16 heavy (non-hydrogen) atoms. The Morgan fingerprint density at radius 2 is 2.19 bits per heavy atom. The number of anilines is 1. The van der Waals surface area contributed by atoms with Crippen LogP contribution < -0.4 is 4.90 Å². The minimum absolute atomic E-state index is 0.246. The summed E-state index contributed by atoms with van der Waals surface area (Å²) in [7, 11) is 0. The number of halogens is 1. The maximum Gasteiger partial charge on any atom is 0.223 e. The Morgan fingerprint density at radius 3 is 2.75 bits per heavy atom. The molecule has 1 aliphatic rings. The second-order valence-electron chi connectivity index (χ2n) is 3.62. The first-order valence-corrected chi connectivity index (χ1v) is 7.29. The van der Waals surface area contributed by atoms with Crippen LogP contribution in [-0.2, 0) is 4.79 Å². The molecule has 1 amide bonds. The minimum atomic E-state index is 0.246. The predicted molar refractivity (Wildman–Crippen MR) is 69.3 cm³/mol. The molecule has 1 aromatic heterocycles. The van der Waals surface area contributed by atoms with Gasteiger partial charge in [-0.3, -0.25) is 4.79 Å². The highest BCUT2D eigenvalue weighted by Gasteiger charge is 2.21. The summed E-state index contributed by atoms with van der Waals surface area (Å²) in [6.07, 6.45) is 2.42. The summed E-state index contributed by atoms with van der Waals surface area (Å²) in [5.41, 5.74) is 0. The van der Waals surface area contributed by atoms with Gasteiger partial charge in [-0.25, -0.2) is 4.98 Å². The predicted octanol–water partition coefficient (Wildman–Crippen LogP) is 1.58. The minimum Gasteiger partial charge on any atom is -0.345 e. The van der Waals surface area contributed by atoms with Gasteiger partial charge in [0.2, 0.25) is 5.91 Å². The quantitative estimate of drug-likeness (QED) is 0.796. The first kappa shape index (κ1) is 11.9. The lowest BCUT2D eigenvalue weighted by Gasteiger charge is -2.34. The molecule has 88 valence electrons. The van der Waals surface area contributed by atoms with E-state index in [-0.39, 0.29) is 5.91 Å². The molecule has 1 aliphatic heterocycles. The lowest BCUT2D eigenvalue weighted by atomic mass is 10.3. The SMILES string of the molecule is O=C(CCBr)N1CCN(c2nccs2)CC1. The van der Waals surface area contributed by atoms with Crippen molar-refractivity contribution in [2.45, 2.75) is 6.42 Å². The average molecular weight is 304 g/mol. The van der Waals surface area contributed by atoms with E-state index in [1.807, 2.05) is 16.5 Å². The molecular formula is C10H14BrN3OS. The van der Waals surface area contributed by atoms with Crippen molar-refractivity contribution >= 4 is 38.3 Å². The smallest absolute Gasteiger partial charge is 0.223 e. The van der Waals surface area contributed by atoms with Crippen molar-refractivity contribution in [3.8, 4) is 0 Å². The van der Waals surface area contributed by atoms with Gasteiger partial charge in [-0.05, 0) is 0 Å². The summed E-state index contributed by atoms with van der Waals surface area (Å²) in [5.74, 6) is 0.246. The third kappa shape index (κ3) is 2.74. The number of aromatic nitrogens is 1. The molecule has 1 aromatic rings. The van der Waals surface area contributed by atoms with Gasteiger partial charge in [0.25, 0.3) is 0 Å². The van der Waals surface area contributed by atoms with Gasteiger partial charge in [0.05, 0.1) is 0 Å². The fourth-order valence-electron chi connectivity index (χ4n) is 1.76. The Bertz CT molecular complexity index is 336. The lowest BCUT2D eigenvalue weighted by molar-refractivity contribution is -0.131. The van der Waals surface area contributed by atoms with E-state index in [4.69, 9.17) is 0 Å². The van der Waals surface area contributed by atoms with E-state index in [1.165, 1.54) is 0 Å². The summed E-state index contributed by atoms with van der Waals surface area (Å²) < 4.78 is 0. The van der Waals surface area contributed by atoms with Gasteiger partial charge < -0.3 is 9.80 Å². The molecule has 0 radical (unpaired) electrons. The van der Waals surface area contributed by atoms with Crippen LogP contribution in [0.2, 0.25) is 0 Å². The normalized spacial score (nSPS) is 16.6. The van der Waals surface area contributed by atoms with Crippen LogP contribution in [0.15, 0.2) is 11.6 Å². The number of piperazine rings is 1. The summed E-state index contributed by atoms with van der Waals surface area (Å²) in [6, 6.07) is 0. The Hall–Kier alpha value is -0.620. The van der Waals surface area contributed by atoms with Crippen molar-refractivity contribution in [1.82, 2.24) is 9.88 Å². The molecule has 6 heteroatoms. The number of alkyl halides is 1. The van der Waals surface area contributed by atoms with Gasteiger partial charge in [-0.1, -0.05) is 15.9 Å². The molecule has 0 bridgehead atoms. The third-order valence-corrected chi connectivity index (χ3v) is 3.86. The van der Waals surface area contributed by atoms with E-state index in [0.717, 1.165) is 36.6 Å². The average Bonchev–Trinajstić information content (AvgIpc) is 2.83. The number of nitrogens with zero attached hydrogens (tertiary/aromatic N) is 3. The number of hydrogen-bond acceptors (Lipinski definition) is 4. The van der Waals surface area contributed by atoms with E-state index < -0.39 is 0 Å². The number of amides is 1. The van der Waals surface area contributed by atoms with E-state index in [9.17, 15) is 4.79 Å². The van der Waals surface area contributed by atoms with Gasteiger partial charge >= 0.3 is 0 Å². The maximum absolute atomic E-state index is 11.7. The van der Waals surface area contributed by atoms with Crippen molar-refractivity contribution in [1.29, 1.82) is 0 Å². The van der Waals surface area contributed by atoms with Gasteiger partial charge in [0.1, 0.15) is 0 Å². The number of carbonyl (C=O) groups excluding carboxylic acids is 1. The van der Waals surface area contributed by atoms with Gasteiger partial charge in [0.15, 0.2) is 5.13 Å². The Balaban J connectivity index is 1.85. The fourth-order valence-corrected chi connectivity index (χ4v) is 2.79. The summed E-state index contributed by atoms with van der Waals surface area (Å²) >= 11 is 4.95. The van der Waals surface area contributed by atoms with E-state index in [2.05, 4.69) is 25.8 Å². The van der Waals surface area contributed by atoms with E-state index in [0.29, 0.717) is 6.42 Å². The molecule has 2 rings (SSSR count). The second kappa shape index (κ2) is 5.63. The Morgan fingerprint density at radius 1 is 1.44 bits per heavy atom. The van der Waals surface area contributed by atoms with Crippen molar-refractivity contribution < 1.29 is 4.79 Å². The molecule has 0 aromatic carbocycles. The number of thiazole rings is 1. The molecule has 1 saturated heterocycles. The van der Waals surface area contributed by atoms with Crippen LogP contribution in [0.3, 0.4) is 0 Å². The first-order chi connectivity index (χ1) is 7.81. The van der Waals surface area contributed by atoms with Crippen molar-refractivity contribution in [2.24, 2.45) is 0 Å². The Kier molecular flexibility index (Phi) is 4.17. The van der Waals surface area contributed by atoms with Gasteiger partial charge in [-0.2, -0.15) is 0 Å². The highest BCUT2D eigenvalue weighted by molar-refractivity contribution is 9.09. The van der Waals surface area contributed by atoms with Crippen LogP contribution in [-0.4, -0.2) is 47.3 Å². The fraction of sp³-hybridized carbons (Fsp3) is 0.600. The van der Waals surface area contributed by atoms with Crippen LogP contribution in [0.25, 0.3) is 0 Å². The topological polar surface area (TPSA) is 36.4 Å². The molecule has 0 saturated carbocycles. The highest BCUT2D eigenvalue weighted by atomic mass is 79.9. The number of hydrogen-bond donors (Lipinski definition) is 0. The zero-order valence-electron chi connectivity index (χ0n) is 8.93. The van der Waals surface area contributed by atoms with Crippen LogP contribution in [0.5, 0.6) is 0 Å². The Labute approximate surface area is 107 Å².